The normalized spacial score (nSPS) is 36.5. The summed E-state index contributed by atoms with van der Waals surface area (Å²) in [5.41, 5.74) is 0.578. The van der Waals surface area contributed by atoms with Crippen molar-refractivity contribution < 1.29 is 0 Å². The van der Waals surface area contributed by atoms with Crippen molar-refractivity contribution in [2.45, 2.75) is 46.5 Å². The molecule has 0 fully saturated rings. The molecule has 0 aromatic heterocycles. The molecule has 1 aliphatic carbocycles. The van der Waals surface area contributed by atoms with Crippen LogP contribution in [0.2, 0.25) is 0 Å². The lowest BCUT2D eigenvalue weighted by molar-refractivity contribution is 0.303. The molecule has 1 unspecified atom stereocenters. The van der Waals surface area contributed by atoms with Crippen LogP contribution in [0.5, 0.6) is 0 Å². The van der Waals surface area contributed by atoms with Crippen molar-refractivity contribution in [3.63, 3.8) is 0 Å². The van der Waals surface area contributed by atoms with Crippen LogP contribution in [0.3, 0.4) is 0 Å². The minimum atomic E-state index is 0.578. The quantitative estimate of drug-likeness (QED) is 0.540. The Kier molecular flexibility index (Phi) is 2.75. The van der Waals surface area contributed by atoms with Gasteiger partial charge in [0.25, 0.3) is 0 Å². The molecule has 64 valence electrons. The maximum absolute atomic E-state index is 2.46. The Morgan fingerprint density at radius 3 is 2.55 bits per heavy atom. The van der Waals surface area contributed by atoms with Gasteiger partial charge >= 0.3 is 0 Å². The van der Waals surface area contributed by atoms with Crippen molar-refractivity contribution in [3.8, 4) is 0 Å². The van der Waals surface area contributed by atoms with E-state index in [0.29, 0.717) is 5.41 Å². The average molecular weight is 152 g/mol. The second-order valence-electron chi connectivity index (χ2n) is 4.01. The first-order chi connectivity index (χ1) is 5.22. The minimum Gasteiger partial charge on any atom is -0.0851 e. The molecule has 0 heterocycles. The van der Waals surface area contributed by atoms with E-state index in [-0.39, 0.29) is 0 Å². The van der Waals surface area contributed by atoms with Crippen molar-refractivity contribution in [1.29, 1.82) is 0 Å². The summed E-state index contributed by atoms with van der Waals surface area (Å²) >= 11 is 0. The number of rotatable bonds is 3. The molecule has 0 saturated heterocycles. The highest BCUT2D eigenvalue weighted by atomic mass is 14.3. The first-order valence-electron chi connectivity index (χ1n) is 4.92. The zero-order chi connectivity index (χ0) is 8.32. The van der Waals surface area contributed by atoms with E-state index in [1.165, 1.54) is 25.7 Å². The first-order valence-corrected chi connectivity index (χ1v) is 4.92. The molecule has 0 radical (unpaired) electrons. The fourth-order valence-electron chi connectivity index (χ4n) is 2.27. The van der Waals surface area contributed by atoms with Gasteiger partial charge in [0.1, 0.15) is 0 Å². The number of hydrogen-bond donors (Lipinski definition) is 0. The van der Waals surface area contributed by atoms with Crippen LogP contribution in [-0.2, 0) is 0 Å². The average Bonchev–Trinajstić information content (AvgIpc) is 2.34. The molecule has 0 amide bonds. The van der Waals surface area contributed by atoms with Crippen LogP contribution in [0.4, 0.5) is 0 Å². The zero-order valence-corrected chi connectivity index (χ0v) is 8.06. The summed E-state index contributed by atoms with van der Waals surface area (Å²) in [6, 6.07) is 0. The molecule has 0 bridgehead atoms. The van der Waals surface area contributed by atoms with Crippen LogP contribution in [0.1, 0.15) is 46.5 Å². The second kappa shape index (κ2) is 3.42. The van der Waals surface area contributed by atoms with Crippen molar-refractivity contribution >= 4 is 0 Å². The molecule has 2 atom stereocenters. The van der Waals surface area contributed by atoms with Gasteiger partial charge in [0.05, 0.1) is 0 Å². The van der Waals surface area contributed by atoms with Gasteiger partial charge in [-0.25, -0.2) is 0 Å². The smallest absolute Gasteiger partial charge is 0.0115 e. The van der Waals surface area contributed by atoms with E-state index in [9.17, 15) is 0 Å². The fraction of sp³-hybridized carbons (Fsp3) is 0.818. The maximum atomic E-state index is 2.46. The lowest BCUT2D eigenvalue weighted by Crippen LogP contribution is -2.14. The molecule has 0 saturated carbocycles. The SMILES string of the molecule is CCC[C@]1(CC)C=CC(C)C1. The highest BCUT2D eigenvalue weighted by Gasteiger charge is 2.29. The van der Waals surface area contributed by atoms with Crippen LogP contribution in [0, 0.1) is 11.3 Å². The van der Waals surface area contributed by atoms with Gasteiger partial charge in [0.15, 0.2) is 0 Å². The molecular formula is C11H20. The Morgan fingerprint density at radius 1 is 1.45 bits per heavy atom. The van der Waals surface area contributed by atoms with Gasteiger partial charge in [-0.2, -0.15) is 0 Å². The lowest BCUT2D eigenvalue weighted by Gasteiger charge is -2.26. The van der Waals surface area contributed by atoms with E-state index in [0.717, 1.165) is 5.92 Å². The predicted molar refractivity (Wildman–Crippen MR) is 50.6 cm³/mol. The van der Waals surface area contributed by atoms with Crippen molar-refractivity contribution in [2.24, 2.45) is 11.3 Å². The van der Waals surface area contributed by atoms with Crippen LogP contribution in [-0.4, -0.2) is 0 Å². The van der Waals surface area contributed by atoms with Crippen molar-refractivity contribution in [3.05, 3.63) is 12.2 Å². The molecule has 0 nitrogen and oxygen atoms in total. The maximum Gasteiger partial charge on any atom is -0.0115 e. The van der Waals surface area contributed by atoms with Gasteiger partial charge in [-0.15, -0.1) is 0 Å². The first kappa shape index (κ1) is 8.83. The Balaban J connectivity index is 2.56. The van der Waals surface area contributed by atoms with E-state index >= 15 is 0 Å². The van der Waals surface area contributed by atoms with Crippen LogP contribution in [0.15, 0.2) is 12.2 Å². The van der Waals surface area contributed by atoms with E-state index in [1.54, 1.807) is 0 Å². The zero-order valence-electron chi connectivity index (χ0n) is 8.06. The second-order valence-corrected chi connectivity index (χ2v) is 4.01. The van der Waals surface area contributed by atoms with Gasteiger partial charge in [-0.3, -0.25) is 0 Å². The molecular weight excluding hydrogens is 132 g/mol. The summed E-state index contributed by atoms with van der Waals surface area (Å²) in [4.78, 5) is 0. The Hall–Kier alpha value is -0.260. The Morgan fingerprint density at radius 2 is 2.18 bits per heavy atom. The van der Waals surface area contributed by atoms with E-state index in [4.69, 9.17) is 0 Å². The molecule has 1 aliphatic rings. The largest absolute Gasteiger partial charge is 0.0851 e. The molecule has 1 rings (SSSR count). The molecule has 0 N–H and O–H groups in total. The molecule has 0 aromatic carbocycles. The minimum absolute atomic E-state index is 0.578. The van der Waals surface area contributed by atoms with Gasteiger partial charge < -0.3 is 0 Å². The standard InChI is InChI=1S/C11H20/c1-4-7-11(5-2)8-6-10(3)9-11/h6,8,10H,4-5,7,9H2,1-3H3/t10?,11-/m1/s1. The van der Waals surface area contributed by atoms with Gasteiger partial charge in [-0.05, 0) is 30.6 Å². The summed E-state index contributed by atoms with van der Waals surface area (Å²) < 4.78 is 0. The lowest BCUT2D eigenvalue weighted by atomic mass is 9.79. The van der Waals surface area contributed by atoms with Gasteiger partial charge in [0.2, 0.25) is 0 Å². The summed E-state index contributed by atoms with van der Waals surface area (Å²) in [7, 11) is 0. The Bertz CT molecular complexity index is 146. The summed E-state index contributed by atoms with van der Waals surface area (Å²) in [6.07, 6.45) is 10.3. The Labute approximate surface area is 70.7 Å². The van der Waals surface area contributed by atoms with E-state index < -0.39 is 0 Å². The molecule has 0 aromatic rings. The monoisotopic (exact) mass is 152 g/mol. The molecule has 0 spiro atoms. The van der Waals surface area contributed by atoms with Gasteiger partial charge in [0, 0.05) is 0 Å². The third-order valence-corrected chi connectivity index (χ3v) is 2.96. The fourth-order valence-corrected chi connectivity index (χ4v) is 2.27. The number of hydrogen-bond acceptors (Lipinski definition) is 0. The molecule has 0 heteroatoms. The van der Waals surface area contributed by atoms with E-state index in [2.05, 4.69) is 32.9 Å². The molecule has 0 aliphatic heterocycles. The summed E-state index contributed by atoms with van der Waals surface area (Å²) in [5.74, 6) is 0.821. The van der Waals surface area contributed by atoms with Crippen LogP contribution < -0.4 is 0 Å². The van der Waals surface area contributed by atoms with Gasteiger partial charge in [-0.1, -0.05) is 39.3 Å². The van der Waals surface area contributed by atoms with Crippen molar-refractivity contribution in [1.82, 2.24) is 0 Å². The third-order valence-electron chi connectivity index (χ3n) is 2.96. The van der Waals surface area contributed by atoms with Crippen molar-refractivity contribution in [2.75, 3.05) is 0 Å². The summed E-state index contributed by atoms with van der Waals surface area (Å²) in [6.45, 7) is 6.93. The van der Waals surface area contributed by atoms with Crippen LogP contribution >= 0.6 is 0 Å². The van der Waals surface area contributed by atoms with E-state index in [1.807, 2.05) is 0 Å². The highest BCUT2D eigenvalue weighted by Crippen LogP contribution is 2.41. The topological polar surface area (TPSA) is 0 Å². The third kappa shape index (κ3) is 1.85. The summed E-state index contributed by atoms with van der Waals surface area (Å²) in [5, 5.41) is 0. The predicted octanol–water partition coefficient (Wildman–Crippen LogP) is 3.78. The highest BCUT2D eigenvalue weighted by molar-refractivity contribution is 5.08. The number of allylic oxidation sites excluding steroid dienone is 2. The molecule has 11 heavy (non-hydrogen) atoms. The van der Waals surface area contributed by atoms with Crippen LogP contribution in [0.25, 0.3) is 0 Å².